The van der Waals surface area contributed by atoms with Crippen LogP contribution in [0.4, 0.5) is 5.82 Å². The number of hydrogen-bond acceptors (Lipinski definition) is 20. The van der Waals surface area contributed by atoms with Gasteiger partial charge in [0, 0.05) is 117 Å². The Balaban J connectivity index is 0.000000229. The Labute approximate surface area is 626 Å². The summed E-state index contributed by atoms with van der Waals surface area (Å²) in [4.78, 5) is 79.7. The van der Waals surface area contributed by atoms with E-state index in [-0.39, 0.29) is 0 Å². The fraction of sp³-hybridized carbons (Fsp3) is 0.605. The lowest BCUT2D eigenvalue weighted by Crippen LogP contribution is -2.37. The van der Waals surface area contributed by atoms with Gasteiger partial charge in [0.15, 0.2) is 0 Å². The second-order valence-corrected chi connectivity index (χ2v) is 28.1. The van der Waals surface area contributed by atoms with Crippen molar-refractivity contribution in [3.63, 3.8) is 0 Å². The molecule has 560 valence electrons. The lowest BCUT2D eigenvalue weighted by atomic mass is 9.95. The molecule has 0 saturated heterocycles. The molecule has 26 heteroatoms. The van der Waals surface area contributed by atoms with E-state index in [1.54, 1.807) is 24.7 Å². The fourth-order valence-electron chi connectivity index (χ4n) is 12.5. The minimum Gasteiger partial charge on any atom is -0.481 e. The summed E-state index contributed by atoms with van der Waals surface area (Å²) in [5.41, 5.74) is 18.2. The first-order chi connectivity index (χ1) is 49.6. The van der Waals surface area contributed by atoms with Crippen molar-refractivity contribution < 1.29 is 43.9 Å². The number of carboxylic acids is 3. The SMILES string of the molecule is CCOCCN(CCCCc1ccc2c(n1)CCCC2)CC[C@H](Cc1ccncn1)C(=O)O.CCOCCN(CCCCc1ccc2c(n1)CCCC2)CC[C@H](N)C(=O)O.CCOCCN(CCCCc1ccc2c(n1)CCCC2)CC[C@H](Nc1ncncc1Br)C(=O)O.Clc1ncncc1Br. The van der Waals surface area contributed by atoms with Gasteiger partial charge in [0.2, 0.25) is 0 Å². The monoisotopic (exact) mass is 1560 g/mol. The number of ether oxygens (including phenoxy) is 3. The van der Waals surface area contributed by atoms with E-state index < -0.39 is 35.9 Å². The molecule has 0 amide bonds. The summed E-state index contributed by atoms with van der Waals surface area (Å²) in [5, 5.41) is 31.8. The number of nitrogens with two attached hydrogens (primary N) is 1. The zero-order chi connectivity index (χ0) is 72.9. The molecule has 0 unspecified atom stereocenters. The minimum atomic E-state index is -0.932. The lowest BCUT2D eigenvalue weighted by molar-refractivity contribution is -0.142. The van der Waals surface area contributed by atoms with Crippen LogP contribution in [0, 0.1) is 5.92 Å². The Bertz CT molecular complexity index is 3330. The molecule has 0 bridgehead atoms. The van der Waals surface area contributed by atoms with E-state index in [1.807, 2.05) is 20.8 Å². The molecule has 0 spiro atoms. The summed E-state index contributed by atoms with van der Waals surface area (Å²) in [6.07, 6.45) is 34.9. The molecular formula is C76H111Br2ClN14O9. The molecule has 3 atom stereocenters. The van der Waals surface area contributed by atoms with Gasteiger partial charge in [-0.25, -0.2) is 34.7 Å². The number of aliphatic carboxylic acids is 3. The predicted molar refractivity (Wildman–Crippen MR) is 406 cm³/mol. The van der Waals surface area contributed by atoms with Gasteiger partial charge in [-0.05, 0) is 274 Å². The number of rotatable bonds is 43. The van der Waals surface area contributed by atoms with Crippen molar-refractivity contribution in [2.45, 2.75) is 193 Å². The van der Waals surface area contributed by atoms with Crippen molar-refractivity contribution in [2.75, 3.05) is 104 Å². The molecule has 0 aliphatic heterocycles. The maximum Gasteiger partial charge on any atom is 0.326 e. The van der Waals surface area contributed by atoms with E-state index >= 15 is 0 Å². The van der Waals surface area contributed by atoms with Gasteiger partial charge in [-0.3, -0.25) is 24.5 Å². The minimum absolute atomic E-state index is 0.432. The third-order valence-electron chi connectivity index (χ3n) is 18.4. The van der Waals surface area contributed by atoms with Crippen LogP contribution in [0.25, 0.3) is 0 Å². The number of pyridine rings is 3. The Kier molecular flexibility index (Phi) is 41.8. The summed E-state index contributed by atoms with van der Waals surface area (Å²) in [5.74, 6) is -2.56. The van der Waals surface area contributed by atoms with Crippen molar-refractivity contribution in [3.05, 3.63) is 151 Å². The molecule has 23 nitrogen and oxygen atoms in total. The smallest absolute Gasteiger partial charge is 0.326 e. The predicted octanol–water partition coefficient (Wildman–Crippen LogP) is 12.2. The number of carboxylic acid groups (broad SMARTS) is 3. The van der Waals surface area contributed by atoms with Crippen LogP contribution in [0.2, 0.25) is 5.15 Å². The summed E-state index contributed by atoms with van der Waals surface area (Å²) in [6.45, 7) is 17.3. The van der Waals surface area contributed by atoms with Crippen LogP contribution in [0.3, 0.4) is 0 Å². The zero-order valence-electron chi connectivity index (χ0n) is 60.4. The number of anilines is 1. The number of aromatic nitrogens is 9. The van der Waals surface area contributed by atoms with Crippen LogP contribution in [-0.2, 0) is 92.8 Å². The largest absolute Gasteiger partial charge is 0.481 e. The molecule has 6 aromatic rings. The first-order valence-corrected chi connectivity index (χ1v) is 38.9. The third-order valence-corrected chi connectivity index (χ3v) is 20.1. The Hall–Kier alpha value is -6.13. The number of fused-ring (bicyclic) bond motifs is 3. The number of hydrogen-bond donors (Lipinski definition) is 5. The van der Waals surface area contributed by atoms with Gasteiger partial charge in [0.1, 0.15) is 42.0 Å². The Morgan fingerprint density at radius 3 is 1.32 bits per heavy atom. The van der Waals surface area contributed by atoms with Crippen LogP contribution in [0.15, 0.2) is 89.0 Å². The van der Waals surface area contributed by atoms with E-state index in [0.717, 1.165) is 139 Å². The van der Waals surface area contributed by atoms with E-state index in [1.165, 1.54) is 121 Å². The van der Waals surface area contributed by atoms with Gasteiger partial charge in [-0.1, -0.05) is 29.8 Å². The summed E-state index contributed by atoms with van der Waals surface area (Å²) in [7, 11) is 0. The van der Waals surface area contributed by atoms with Gasteiger partial charge in [-0.15, -0.1) is 0 Å². The standard InChI is InChI=1S/C26H38N4O3.C25H36BrN5O3.C21H35N3O3.C4H2BrClN2/c1-2-33-18-17-30(16-13-22(26(31)32)19-24-12-14-27-20-28-24)15-6-5-8-23-11-10-21-7-3-4-9-25(21)29-23;1-2-34-16-15-31(14-12-23(25(32)33)30-24-21(26)17-27-18-28-24)13-6-5-8-20-11-10-19-7-3-4-9-22(19)29-20;1-2-27-16-15-24(14-12-19(22)21(25)26)13-6-5-8-18-11-10-17-7-3-4-9-20(17)23-18;5-3-1-7-2-8-4(3)6/h10-12,14,20,22H,2-9,13,15-19H2,1H3,(H,31,32);10-11,17-18,23H,2-9,12-16H2,1H3,(H,32,33)(H,27,28,30);10-11,19H,2-9,12-16,22H2,1H3,(H,25,26);1-2H/t22-;23-;19-;/m100./s1. The molecule has 9 rings (SSSR count). The van der Waals surface area contributed by atoms with Crippen molar-refractivity contribution in [1.82, 2.24) is 59.6 Å². The van der Waals surface area contributed by atoms with Gasteiger partial charge in [0.05, 0.1) is 34.7 Å². The van der Waals surface area contributed by atoms with Crippen molar-refractivity contribution in [2.24, 2.45) is 11.7 Å². The zero-order valence-corrected chi connectivity index (χ0v) is 64.3. The number of aryl methyl sites for hydroxylation is 9. The van der Waals surface area contributed by atoms with Gasteiger partial charge in [-0.2, -0.15) is 0 Å². The fourth-order valence-corrected chi connectivity index (χ4v) is 13.1. The van der Waals surface area contributed by atoms with Crippen LogP contribution < -0.4 is 11.1 Å². The second-order valence-electron chi connectivity index (χ2n) is 26.0. The number of nitrogens with one attached hydrogen (secondary N) is 1. The van der Waals surface area contributed by atoms with Gasteiger partial charge in [0.25, 0.3) is 0 Å². The highest BCUT2D eigenvalue weighted by Crippen LogP contribution is 2.25. The molecule has 0 fully saturated rings. The average molecular weight is 1560 g/mol. The van der Waals surface area contributed by atoms with E-state index in [0.29, 0.717) is 93.9 Å². The maximum atomic E-state index is 11.8. The van der Waals surface area contributed by atoms with Crippen molar-refractivity contribution in [1.29, 1.82) is 0 Å². The molecule has 3 aliphatic carbocycles. The van der Waals surface area contributed by atoms with E-state index in [2.05, 4.69) is 118 Å². The molecule has 6 N–H and O–H groups in total. The van der Waals surface area contributed by atoms with E-state index in [9.17, 15) is 24.6 Å². The first kappa shape index (κ1) is 84.8. The summed E-state index contributed by atoms with van der Waals surface area (Å²) >= 11 is 12.0. The molecule has 6 aromatic heterocycles. The number of halogens is 3. The molecule has 102 heavy (non-hydrogen) atoms. The summed E-state index contributed by atoms with van der Waals surface area (Å²) < 4.78 is 17.9. The normalized spacial score (nSPS) is 14.0. The Morgan fingerprint density at radius 2 is 0.931 bits per heavy atom. The molecule has 0 aromatic carbocycles. The topological polar surface area (TPSA) is 303 Å². The van der Waals surface area contributed by atoms with Crippen LogP contribution in [0.5, 0.6) is 0 Å². The van der Waals surface area contributed by atoms with Crippen molar-refractivity contribution in [3.8, 4) is 0 Å². The lowest BCUT2D eigenvalue weighted by Gasteiger charge is -2.24. The maximum absolute atomic E-state index is 11.8. The second kappa shape index (κ2) is 50.3. The number of nitrogens with zero attached hydrogens (tertiary/aromatic N) is 12. The highest BCUT2D eigenvalue weighted by atomic mass is 79.9. The number of unbranched alkanes of at least 4 members (excludes halogenated alkanes) is 3. The highest BCUT2D eigenvalue weighted by molar-refractivity contribution is 9.11. The molecular weight excluding hydrogens is 1450 g/mol. The average Bonchev–Trinajstić information content (AvgIpc) is 0.864. The van der Waals surface area contributed by atoms with E-state index in [4.69, 9.17) is 51.6 Å². The van der Waals surface area contributed by atoms with Crippen molar-refractivity contribution >= 4 is 67.2 Å². The van der Waals surface area contributed by atoms with Crippen LogP contribution in [0.1, 0.15) is 174 Å². The first-order valence-electron chi connectivity index (χ1n) is 37.0. The Morgan fingerprint density at radius 1 is 0.500 bits per heavy atom. The van der Waals surface area contributed by atoms with Gasteiger partial charge >= 0.3 is 17.9 Å². The third kappa shape index (κ3) is 33.8. The van der Waals surface area contributed by atoms with Crippen LogP contribution >= 0.6 is 43.5 Å². The quantitative estimate of drug-likeness (QED) is 0.0175. The van der Waals surface area contributed by atoms with Gasteiger partial charge < -0.3 is 55.3 Å². The number of carbonyl (C=O) groups is 3. The molecule has 0 radical (unpaired) electrons. The molecule has 3 aliphatic rings. The molecule has 0 saturated carbocycles. The summed E-state index contributed by atoms with van der Waals surface area (Å²) in [6, 6.07) is 13.6. The van der Waals surface area contributed by atoms with Crippen LogP contribution in [-0.4, -0.2) is 203 Å². The highest BCUT2D eigenvalue weighted by Gasteiger charge is 2.23. The molecule has 6 heterocycles.